The number of aromatic amines is 2. The number of H-pyrrole nitrogens is 2. The molecule has 2 heterocycles. The molecule has 6 N–H and O–H groups in total. The van der Waals surface area contributed by atoms with Gasteiger partial charge in [-0.25, -0.2) is 4.98 Å². The number of nitrogens with one attached hydrogen (secondary N) is 2. The molecule has 2 aliphatic carbocycles. The van der Waals surface area contributed by atoms with Crippen LogP contribution in [-0.2, 0) is 11.2 Å². The van der Waals surface area contributed by atoms with E-state index in [-0.39, 0.29) is 18.3 Å². The van der Waals surface area contributed by atoms with Gasteiger partial charge >= 0.3 is 0 Å². The number of aromatic nitrogens is 3. The van der Waals surface area contributed by atoms with Crippen LogP contribution in [0.5, 0.6) is 0 Å². The maximum absolute atomic E-state index is 14.3. The van der Waals surface area contributed by atoms with Crippen molar-refractivity contribution < 1.29 is 19.8 Å². The van der Waals surface area contributed by atoms with Gasteiger partial charge in [0.2, 0.25) is 5.91 Å². The minimum absolute atomic E-state index is 0.00484. The summed E-state index contributed by atoms with van der Waals surface area (Å²) in [4.78, 5) is 39.2. The maximum Gasteiger partial charge on any atom is 0.271 e. The van der Waals surface area contributed by atoms with Crippen LogP contribution in [-0.4, -0.2) is 66.2 Å². The van der Waals surface area contributed by atoms with E-state index in [1.807, 2.05) is 25.1 Å². The van der Waals surface area contributed by atoms with Crippen molar-refractivity contribution in [3.8, 4) is 0 Å². The molecule has 1 unspecified atom stereocenters. The smallest absolute Gasteiger partial charge is 0.271 e. The minimum atomic E-state index is -1.19. The summed E-state index contributed by atoms with van der Waals surface area (Å²) in [5.41, 5.74) is 8.75. The van der Waals surface area contributed by atoms with Gasteiger partial charge in [0.1, 0.15) is 17.8 Å². The Morgan fingerprint density at radius 3 is 2.55 bits per heavy atom. The Bertz CT molecular complexity index is 1250. The van der Waals surface area contributed by atoms with Gasteiger partial charge in [0.25, 0.3) is 5.91 Å². The largest absolute Gasteiger partial charge is 0.390 e. The van der Waals surface area contributed by atoms with E-state index >= 15 is 0 Å². The van der Waals surface area contributed by atoms with Gasteiger partial charge in [-0.05, 0) is 56.2 Å². The predicted octanol–water partition coefficient (Wildman–Crippen LogP) is 3.21. The zero-order valence-corrected chi connectivity index (χ0v) is 22.0. The van der Waals surface area contributed by atoms with Gasteiger partial charge in [-0.15, -0.1) is 0 Å². The molecule has 2 amide bonds. The summed E-state index contributed by atoms with van der Waals surface area (Å²) in [6.07, 6.45) is 8.69. The number of aliphatic hydroxyl groups is 2. The van der Waals surface area contributed by atoms with E-state index in [0.29, 0.717) is 17.8 Å². The second-order valence-electron chi connectivity index (χ2n) is 11.3. The minimum Gasteiger partial charge on any atom is -0.390 e. The topological polar surface area (TPSA) is 148 Å². The predicted molar refractivity (Wildman–Crippen MR) is 144 cm³/mol. The lowest BCUT2D eigenvalue weighted by Gasteiger charge is -2.42. The molecule has 38 heavy (non-hydrogen) atoms. The average Bonchev–Trinajstić information content (AvgIpc) is 3.46. The Kier molecular flexibility index (Phi) is 7.85. The maximum atomic E-state index is 14.3. The zero-order chi connectivity index (χ0) is 26.8. The van der Waals surface area contributed by atoms with Crippen LogP contribution >= 0.6 is 0 Å². The van der Waals surface area contributed by atoms with Crippen LogP contribution in [0, 0.1) is 18.8 Å². The summed E-state index contributed by atoms with van der Waals surface area (Å²) in [5.74, 6) is -0.796. The molecule has 5 rings (SSSR count). The van der Waals surface area contributed by atoms with E-state index in [0.717, 1.165) is 55.0 Å². The molecule has 0 radical (unpaired) electrons. The van der Waals surface area contributed by atoms with Crippen LogP contribution < -0.4 is 5.73 Å². The first-order valence-electron chi connectivity index (χ1n) is 13.9. The number of hydrogen-bond donors (Lipinski definition) is 5. The summed E-state index contributed by atoms with van der Waals surface area (Å²) >= 11 is 0. The van der Waals surface area contributed by atoms with Crippen LogP contribution in [0.25, 0.3) is 10.9 Å². The van der Waals surface area contributed by atoms with Gasteiger partial charge in [0.05, 0.1) is 24.2 Å². The molecule has 0 spiro atoms. The molecule has 9 heteroatoms. The Balaban J connectivity index is 1.57. The fourth-order valence-electron chi connectivity index (χ4n) is 6.09. The Hall–Kier alpha value is -3.17. The van der Waals surface area contributed by atoms with Crippen LogP contribution in [0.1, 0.15) is 73.1 Å². The van der Waals surface area contributed by atoms with Gasteiger partial charge in [-0.2, -0.15) is 0 Å². The van der Waals surface area contributed by atoms with Crippen molar-refractivity contribution >= 4 is 22.7 Å². The molecule has 0 saturated heterocycles. The third-order valence-corrected chi connectivity index (χ3v) is 8.37. The molecule has 4 atom stereocenters. The third kappa shape index (κ3) is 5.78. The van der Waals surface area contributed by atoms with Crippen molar-refractivity contribution in [1.82, 2.24) is 19.9 Å². The highest BCUT2D eigenvalue weighted by molar-refractivity contribution is 6.00. The lowest BCUT2D eigenvalue weighted by Crippen LogP contribution is -2.60. The summed E-state index contributed by atoms with van der Waals surface area (Å²) in [7, 11) is 0. The number of aliphatic hydroxyl groups excluding tert-OH is 2. The number of fused-ring (bicyclic) bond motifs is 1. The quantitative estimate of drug-likeness (QED) is 0.263. The number of rotatable bonds is 11. The summed E-state index contributed by atoms with van der Waals surface area (Å²) in [6, 6.07) is 5.85. The number of carbonyl (C=O) groups is 2. The molecule has 2 aliphatic rings. The zero-order valence-electron chi connectivity index (χ0n) is 22.0. The third-order valence-electron chi connectivity index (χ3n) is 8.37. The monoisotopic (exact) mass is 521 g/mol. The van der Waals surface area contributed by atoms with Gasteiger partial charge in [0.15, 0.2) is 0 Å². The number of carbonyl (C=O) groups excluding carboxylic acids is 2. The fraction of sp³-hybridized carbons (Fsp3) is 0.552. The van der Waals surface area contributed by atoms with Crippen LogP contribution in [0.3, 0.4) is 0 Å². The lowest BCUT2D eigenvalue weighted by molar-refractivity contribution is -0.125. The Morgan fingerprint density at radius 1 is 1.13 bits per heavy atom. The first-order chi connectivity index (χ1) is 18.3. The van der Waals surface area contributed by atoms with E-state index < -0.39 is 36.1 Å². The Morgan fingerprint density at radius 2 is 1.89 bits per heavy atom. The number of benzene rings is 1. The number of nitrogens with zero attached hydrogens (tertiary/aromatic N) is 2. The van der Waals surface area contributed by atoms with E-state index in [1.54, 1.807) is 12.3 Å². The molecule has 3 aromatic rings. The SMILES string of the molecule is Cc1ccc2[nH]c(C(=O)N(C(Cc3c[nH]cn3)C(N)=O)[C@@H](CC3CCCCC3)[C@@H](O)[C@@H](O)C3CC3)cc2c1. The lowest BCUT2D eigenvalue weighted by atomic mass is 9.81. The standard InChI is InChI=1S/C29H39N5O4/c1-17-7-10-22-20(11-17)13-23(33-22)29(38)34(25(28(30)37)14-21-15-31-16-32-21)24(12-18-5-3-2-4-6-18)27(36)26(35)19-8-9-19/h7,10-11,13,15-16,18-19,24-27,33,35-36H,2-6,8-9,12,14H2,1H3,(H2,30,37)(H,31,32)/t24-,25?,26-,27+/m0/s1. The van der Waals surface area contributed by atoms with Crippen LogP contribution in [0.2, 0.25) is 0 Å². The molecule has 0 bridgehead atoms. The van der Waals surface area contributed by atoms with Gasteiger partial charge in [0, 0.05) is 23.5 Å². The van der Waals surface area contributed by atoms with Crippen LogP contribution in [0.4, 0.5) is 0 Å². The van der Waals surface area contributed by atoms with E-state index in [1.165, 1.54) is 17.6 Å². The summed E-state index contributed by atoms with van der Waals surface area (Å²) in [6.45, 7) is 1.99. The number of primary amides is 1. The second kappa shape index (κ2) is 11.3. The summed E-state index contributed by atoms with van der Waals surface area (Å²) < 4.78 is 0. The van der Waals surface area contributed by atoms with Crippen molar-refractivity contribution in [2.45, 2.75) is 89.0 Å². The Labute approximate surface area is 222 Å². The normalized spacial score (nSPS) is 19.7. The van der Waals surface area contributed by atoms with Gasteiger partial charge in [-0.1, -0.05) is 43.7 Å². The molecule has 204 valence electrons. The van der Waals surface area contributed by atoms with Crippen molar-refractivity contribution in [2.75, 3.05) is 0 Å². The first kappa shape index (κ1) is 26.4. The molecule has 9 nitrogen and oxygen atoms in total. The van der Waals surface area contributed by atoms with E-state index in [4.69, 9.17) is 5.73 Å². The number of amides is 2. The number of aryl methyl sites for hydroxylation is 1. The number of nitrogens with two attached hydrogens (primary N) is 1. The average molecular weight is 522 g/mol. The molecule has 2 saturated carbocycles. The van der Waals surface area contributed by atoms with Crippen molar-refractivity contribution in [3.05, 3.63) is 53.7 Å². The molecule has 0 aliphatic heterocycles. The molecule has 1 aromatic carbocycles. The van der Waals surface area contributed by atoms with Crippen molar-refractivity contribution in [2.24, 2.45) is 17.6 Å². The van der Waals surface area contributed by atoms with Crippen LogP contribution in [0.15, 0.2) is 36.8 Å². The molecule has 2 fully saturated rings. The fourth-order valence-corrected chi connectivity index (χ4v) is 6.09. The second-order valence-corrected chi connectivity index (χ2v) is 11.3. The van der Waals surface area contributed by atoms with Crippen molar-refractivity contribution in [3.63, 3.8) is 0 Å². The highest BCUT2D eigenvalue weighted by Gasteiger charge is 2.45. The highest BCUT2D eigenvalue weighted by Crippen LogP contribution is 2.38. The van der Waals surface area contributed by atoms with E-state index in [9.17, 15) is 19.8 Å². The summed E-state index contributed by atoms with van der Waals surface area (Å²) in [5, 5.41) is 23.5. The number of hydrogen-bond acceptors (Lipinski definition) is 5. The molecular formula is C29H39N5O4. The molecule has 2 aromatic heterocycles. The first-order valence-corrected chi connectivity index (χ1v) is 13.9. The van der Waals surface area contributed by atoms with Crippen molar-refractivity contribution in [1.29, 1.82) is 0 Å². The number of imidazole rings is 1. The van der Waals surface area contributed by atoms with E-state index in [2.05, 4.69) is 15.0 Å². The highest BCUT2D eigenvalue weighted by atomic mass is 16.3. The molecular weight excluding hydrogens is 482 g/mol. The van der Waals surface area contributed by atoms with Gasteiger partial charge < -0.3 is 30.8 Å². The van der Waals surface area contributed by atoms with Gasteiger partial charge in [-0.3, -0.25) is 9.59 Å².